The largest absolute Gasteiger partial charge is 0.339 e. The van der Waals surface area contributed by atoms with E-state index in [0.29, 0.717) is 24.3 Å². The van der Waals surface area contributed by atoms with Crippen LogP contribution < -0.4 is 10.5 Å². The van der Waals surface area contributed by atoms with Gasteiger partial charge in [-0.25, -0.2) is 9.88 Å². The molecule has 55 heavy (non-hydrogen) atoms. The third-order valence-electron chi connectivity index (χ3n) is 11.3. The summed E-state index contributed by atoms with van der Waals surface area (Å²) < 4.78 is 0. The van der Waals surface area contributed by atoms with Crippen molar-refractivity contribution in [3.8, 4) is 11.1 Å². The maximum absolute atomic E-state index is 14.1. The molecule has 0 spiro atoms. The highest BCUT2D eigenvalue weighted by Gasteiger charge is 2.46. The molecule has 10 heteroatoms. The van der Waals surface area contributed by atoms with Crippen LogP contribution in [0.3, 0.4) is 0 Å². The molecule has 0 saturated heterocycles. The number of imide groups is 1. The summed E-state index contributed by atoms with van der Waals surface area (Å²) in [5.74, 6) is -3.97. The molecule has 0 radical (unpaired) electrons. The Hall–Kier alpha value is -6.03. The number of hydrogen-bond acceptors (Lipinski definition) is 7. The Morgan fingerprint density at radius 1 is 0.745 bits per heavy atom. The van der Waals surface area contributed by atoms with E-state index in [1.165, 1.54) is 29.2 Å². The number of anilines is 1. The number of benzene rings is 4. The van der Waals surface area contributed by atoms with Gasteiger partial charge in [-0.1, -0.05) is 75.9 Å². The number of aromatic nitrogens is 2. The van der Waals surface area contributed by atoms with Crippen molar-refractivity contribution >= 4 is 45.9 Å². The fourth-order valence-corrected chi connectivity index (χ4v) is 8.35. The number of rotatable bonds is 11. The molecule has 0 atom stereocenters. The van der Waals surface area contributed by atoms with Crippen LogP contribution in [0.1, 0.15) is 140 Å². The van der Waals surface area contributed by atoms with Crippen molar-refractivity contribution in [3.05, 3.63) is 128 Å². The lowest BCUT2D eigenvalue weighted by Gasteiger charge is -2.23. The topological polar surface area (TPSA) is 138 Å². The van der Waals surface area contributed by atoms with Crippen molar-refractivity contribution in [2.24, 2.45) is 0 Å². The number of hydrogen-bond donors (Lipinski definition) is 1. The summed E-state index contributed by atoms with van der Waals surface area (Å²) in [5, 5.41) is 0.216. The van der Waals surface area contributed by atoms with Gasteiger partial charge in [-0.3, -0.25) is 28.8 Å². The van der Waals surface area contributed by atoms with E-state index >= 15 is 0 Å². The maximum atomic E-state index is 14.1. The summed E-state index contributed by atoms with van der Waals surface area (Å²) in [7, 11) is 0. The molecule has 3 aliphatic rings. The van der Waals surface area contributed by atoms with Gasteiger partial charge in [0, 0.05) is 29.8 Å². The summed E-state index contributed by atoms with van der Waals surface area (Å²) in [6.45, 7) is 5.35. The second-order valence-electron chi connectivity index (χ2n) is 14.9. The highest BCUT2D eigenvalue weighted by atomic mass is 16.2. The fraction of sp³-hybridized carbons (Fsp3) is 0.311. The second-order valence-corrected chi connectivity index (χ2v) is 14.9. The molecule has 3 amide bonds. The number of H-pyrrole nitrogens is 1. The highest BCUT2D eigenvalue weighted by Crippen LogP contribution is 2.44. The predicted molar refractivity (Wildman–Crippen MR) is 210 cm³/mol. The Morgan fingerprint density at radius 2 is 1.38 bits per heavy atom. The van der Waals surface area contributed by atoms with Crippen LogP contribution in [-0.4, -0.2) is 57.2 Å². The molecule has 1 N–H and O–H groups in total. The van der Waals surface area contributed by atoms with Crippen LogP contribution in [-0.2, 0) is 0 Å². The van der Waals surface area contributed by atoms with Crippen molar-refractivity contribution in [3.63, 3.8) is 0 Å². The van der Waals surface area contributed by atoms with E-state index < -0.39 is 34.9 Å². The summed E-state index contributed by atoms with van der Waals surface area (Å²) in [6, 6.07) is 23.1. The van der Waals surface area contributed by atoms with Crippen molar-refractivity contribution in [1.82, 2.24) is 14.9 Å². The Morgan fingerprint density at radius 3 is 2.00 bits per heavy atom. The number of unbranched alkanes of at least 4 members (excludes halogenated alkanes) is 2. The first kappa shape index (κ1) is 36.0. The highest BCUT2D eigenvalue weighted by molar-refractivity contribution is 6.37. The van der Waals surface area contributed by atoms with E-state index in [9.17, 15) is 28.8 Å². The normalized spacial score (nSPS) is 15.7. The second kappa shape index (κ2) is 14.7. The van der Waals surface area contributed by atoms with Crippen molar-refractivity contribution in [2.75, 3.05) is 18.0 Å². The summed E-state index contributed by atoms with van der Waals surface area (Å²) >= 11 is 0. The van der Waals surface area contributed by atoms with Gasteiger partial charge in [0.15, 0.2) is 11.6 Å². The van der Waals surface area contributed by atoms with Gasteiger partial charge in [0.1, 0.15) is 11.7 Å². The third-order valence-corrected chi connectivity index (χ3v) is 11.3. The molecule has 1 aromatic heterocycles. The van der Waals surface area contributed by atoms with E-state index in [4.69, 9.17) is 0 Å². The molecule has 1 aliphatic heterocycles. The quantitative estimate of drug-likeness (QED) is 0.107. The Bertz CT molecular complexity index is 2400. The van der Waals surface area contributed by atoms with E-state index in [1.54, 1.807) is 11.0 Å². The van der Waals surface area contributed by atoms with E-state index in [1.807, 2.05) is 42.5 Å². The van der Waals surface area contributed by atoms with Crippen LogP contribution in [0.25, 0.3) is 22.0 Å². The average molecular weight is 735 g/mol. The maximum Gasteiger partial charge on any atom is 0.266 e. The lowest BCUT2D eigenvalue weighted by Crippen LogP contribution is -2.33. The van der Waals surface area contributed by atoms with Gasteiger partial charge in [-0.2, -0.15) is 0 Å². The predicted octanol–water partition coefficient (Wildman–Crippen LogP) is 8.25. The minimum Gasteiger partial charge on any atom is -0.339 e. The van der Waals surface area contributed by atoms with E-state index in [-0.39, 0.29) is 50.8 Å². The lowest BCUT2D eigenvalue weighted by atomic mass is 9.91. The summed E-state index contributed by atoms with van der Waals surface area (Å²) in [6.07, 6.45) is 7.62. The molecule has 2 aliphatic carbocycles. The van der Waals surface area contributed by atoms with E-state index in [2.05, 4.69) is 29.9 Å². The van der Waals surface area contributed by atoms with Crippen LogP contribution in [0.5, 0.6) is 0 Å². The number of Topliss-reactive ketones (excluding diaryl/α,β-unsaturated/α-hetero) is 2. The number of ketones is 2. The lowest BCUT2D eigenvalue weighted by molar-refractivity contribution is 0.0749. The van der Waals surface area contributed by atoms with Crippen LogP contribution in [0.15, 0.2) is 83.7 Å². The van der Waals surface area contributed by atoms with Gasteiger partial charge >= 0.3 is 0 Å². The minimum atomic E-state index is -1.47. The molecule has 10 nitrogen and oxygen atoms in total. The van der Waals surface area contributed by atoms with E-state index in [0.717, 1.165) is 68.1 Å². The number of amides is 3. The number of fused-ring (bicyclic) bond motifs is 3. The van der Waals surface area contributed by atoms with Crippen LogP contribution in [0.4, 0.5) is 5.69 Å². The van der Waals surface area contributed by atoms with Gasteiger partial charge in [0.25, 0.3) is 23.3 Å². The Kier molecular flexibility index (Phi) is 9.59. The number of aromatic amines is 1. The smallest absolute Gasteiger partial charge is 0.266 e. The summed E-state index contributed by atoms with van der Waals surface area (Å²) in [4.78, 5) is 93.3. The molecule has 1 fully saturated rings. The first-order valence-corrected chi connectivity index (χ1v) is 19.4. The zero-order chi connectivity index (χ0) is 38.4. The number of carbonyl (C=O) groups excluding carboxylic acids is 5. The van der Waals surface area contributed by atoms with Gasteiger partial charge in [0.2, 0.25) is 0 Å². The van der Waals surface area contributed by atoms with Crippen LogP contribution in [0, 0.1) is 0 Å². The molecular formula is C45H42N4O6. The molecule has 4 aromatic carbocycles. The summed E-state index contributed by atoms with van der Waals surface area (Å²) in [5.41, 5.74) is 3.57. The van der Waals surface area contributed by atoms with Crippen LogP contribution >= 0.6 is 0 Å². The molecule has 2 heterocycles. The number of nitrogens with zero attached hydrogens (tertiary/aromatic N) is 3. The van der Waals surface area contributed by atoms with Gasteiger partial charge in [-0.15, -0.1) is 0 Å². The first-order valence-electron chi connectivity index (χ1n) is 19.4. The van der Waals surface area contributed by atoms with Crippen molar-refractivity contribution in [2.45, 2.75) is 77.0 Å². The van der Waals surface area contributed by atoms with Crippen molar-refractivity contribution < 1.29 is 24.0 Å². The van der Waals surface area contributed by atoms with Gasteiger partial charge in [0.05, 0.1) is 27.7 Å². The molecule has 8 rings (SSSR count). The third kappa shape index (κ3) is 6.29. The SMILES string of the molecule is CCCCN(CCCC)C(=O)c1ccc2c(=O)[nH]c(C3C(=O)c4cc5c(cc4C3=O)C(=O)N(c3ccc(-c4ccccc4)cc3C3CCCC3)C5=O)nc2c1. The molecular weight excluding hydrogens is 693 g/mol. The zero-order valence-electron chi connectivity index (χ0n) is 31.0. The molecule has 1 saturated carbocycles. The fourth-order valence-electron chi connectivity index (χ4n) is 8.35. The van der Waals surface area contributed by atoms with Crippen LogP contribution in [0.2, 0.25) is 0 Å². The van der Waals surface area contributed by atoms with Gasteiger partial charge in [-0.05, 0) is 90.8 Å². The zero-order valence-corrected chi connectivity index (χ0v) is 31.0. The van der Waals surface area contributed by atoms with Gasteiger partial charge < -0.3 is 9.88 Å². The average Bonchev–Trinajstić information content (AvgIpc) is 3.89. The molecule has 278 valence electrons. The first-order chi connectivity index (χ1) is 26.7. The standard InChI is InChI=1S/C45H42N4O6/c1-3-5-20-48(21-6-4-2)43(53)29-16-18-30-36(23-29)46-41(47-42(30)52)38-39(50)32-24-34-35(25-33(32)40(38)51)45(55)49(44(34)54)37-19-17-28(26-12-8-7-9-13-26)22-31(37)27-14-10-11-15-27/h7-9,12-13,16-19,22-25,27,38H,3-6,10-11,14-15,20-21H2,1-2H3,(H,46,47,52). The van der Waals surface area contributed by atoms with Crippen molar-refractivity contribution in [1.29, 1.82) is 0 Å². The number of carbonyl (C=O) groups is 5. The molecule has 0 unspecified atom stereocenters. The number of nitrogens with one attached hydrogen (secondary N) is 1. The molecule has 5 aromatic rings. The minimum absolute atomic E-state index is 0.00126. The molecule has 0 bridgehead atoms. The Balaban J connectivity index is 1.11. The Labute approximate surface area is 318 Å². The monoisotopic (exact) mass is 734 g/mol.